The molecule has 0 bridgehead atoms. The first kappa shape index (κ1) is 24.9. The van der Waals surface area contributed by atoms with E-state index >= 15 is 0 Å². The van der Waals surface area contributed by atoms with Crippen molar-refractivity contribution in [2.45, 2.75) is 5.41 Å². The van der Waals surface area contributed by atoms with Crippen molar-refractivity contribution < 1.29 is 0 Å². The SMILES string of the molecule is c1ccc(-c2ccc(N(c3ccccc3)c3ccc(C45c6ccccc6-c6cccc(c64)-c4ccccc45)cc3)cc2)cc1. The Balaban J connectivity index is 1.20. The van der Waals surface area contributed by atoms with Gasteiger partial charge < -0.3 is 4.90 Å². The summed E-state index contributed by atoms with van der Waals surface area (Å²) in [7, 11) is 0. The van der Waals surface area contributed by atoms with E-state index in [2.05, 4.69) is 181 Å². The molecule has 44 heavy (non-hydrogen) atoms. The highest BCUT2D eigenvalue weighted by atomic mass is 15.1. The molecule has 0 aromatic heterocycles. The van der Waals surface area contributed by atoms with Crippen molar-refractivity contribution in [2.75, 3.05) is 4.90 Å². The number of benzene rings is 7. The quantitative estimate of drug-likeness (QED) is 0.203. The smallest absolute Gasteiger partial charge is 0.0725 e. The Morgan fingerprint density at radius 3 is 1.34 bits per heavy atom. The number of fused-ring (bicyclic) bond motifs is 6. The van der Waals surface area contributed by atoms with Crippen molar-refractivity contribution >= 4 is 17.1 Å². The summed E-state index contributed by atoms with van der Waals surface area (Å²) in [5, 5.41) is 0. The summed E-state index contributed by atoms with van der Waals surface area (Å²) in [5.74, 6) is 0. The zero-order valence-electron chi connectivity index (χ0n) is 24.2. The highest BCUT2D eigenvalue weighted by Crippen LogP contribution is 2.64. The van der Waals surface area contributed by atoms with Crippen molar-refractivity contribution in [2.24, 2.45) is 0 Å². The normalized spacial score (nSPS) is 13.2. The second-order valence-electron chi connectivity index (χ2n) is 11.7. The molecular weight excluding hydrogens is 530 g/mol. The van der Waals surface area contributed by atoms with Crippen LogP contribution in [-0.4, -0.2) is 0 Å². The lowest BCUT2D eigenvalue weighted by atomic mass is 9.70. The van der Waals surface area contributed by atoms with Crippen LogP contribution in [0.5, 0.6) is 0 Å². The lowest BCUT2D eigenvalue weighted by Gasteiger charge is -2.32. The van der Waals surface area contributed by atoms with Crippen LogP contribution in [0.2, 0.25) is 0 Å². The molecule has 0 atom stereocenters. The summed E-state index contributed by atoms with van der Waals surface area (Å²) >= 11 is 0. The van der Waals surface area contributed by atoms with Gasteiger partial charge >= 0.3 is 0 Å². The fourth-order valence-electron chi connectivity index (χ4n) is 7.68. The third-order valence-corrected chi connectivity index (χ3v) is 9.49. The molecular formula is C43H29N. The van der Waals surface area contributed by atoms with Gasteiger partial charge in [0.25, 0.3) is 0 Å². The minimum Gasteiger partial charge on any atom is -0.311 e. The van der Waals surface area contributed by atoms with Crippen molar-refractivity contribution in [3.05, 3.63) is 198 Å². The van der Waals surface area contributed by atoms with Gasteiger partial charge in [-0.05, 0) is 92.0 Å². The number of nitrogens with zero attached hydrogens (tertiary/aromatic N) is 1. The van der Waals surface area contributed by atoms with E-state index in [1.165, 1.54) is 55.6 Å². The summed E-state index contributed by atoms with van der Waals surface area (Å²) < 4.78 is 0. The van der Waals surface area contributed by atoms with E-state index in [9.17, 15) is 0 Å². The molecule has 0 saturated heterocycles. The molecule has 0 radical (unpaired) electrons. The molecule has 7 aromatic rings. The van der Waals surface area contributed by atoms with Gasteiger partial charge in [0, 0.05) is 17.1 Å². The topological polar surface area (TPSA) is 3.24 Å². The van der Waals surface area contributed by atoms with Crippen LogP contribution >= 0.6 is 0 Å². The Bertz CT molecular complexity index is 2080. The van der Waals surface area contributed by atoms with Crippen LogP contribution < -0.4 is 4.90 Å². The monoisotopic (exact) mass is 559 g/mol. The molecule has 206 valence electrons. The standard InChI is InChI=1S/C43H29N/c1-3-12-30(13-4-1)31-22-26-34(27-23-31)44(33-14-5-2-6-15-33)35-28-24-32(25-29-35)43-40-20-9-7-16-36(40)38-18-11-19-39(42(38)43)37-17-8-10-21-41(37)43/h1-29H. The molecule has 1 nitrogen and oxygen atoms in total. The van der Waals surface area contributed by atoms with E-state index in [1.54, 1.807) is 0 Å². The Morgan fingerprint density at radius 2 is 0.750 bits per heavy atom. The van der Waals surface area contributed by atoms with E-state index < -0.39 is 0 Å². The van der Waals surface area contributed by atoms with Crippen molar-refractivity contribution in [1.82, 2.24) is 0 Å². The van der Waals surface area contributed by atoms with Crippen LogP contribution in [0.25, 0.3) is 33.4 Å². The largest absolute Gasteiger partial charge is 0.311 e. The summed E-state index contributed by atoms with van der Waals surface area (Å²) in [6, 6.07) is 64.2. The maximum absolute atomic E-state index is 2.36. The van der Waals surface area contributed by atoms with Crippen LogP contribution in [0.4, 0.5) is 17.1 Å². The zero-order valence-corrected chi connectivity index (χ0v) is 24.2. The molecule has 0 unspecified atom stereocenters. The Morgan fingerprint density at radius 1 is 0.318 bits per heavy atom. The molecule has 2 aliphatic rings. The average molecular weight is 560 g/mol. The van der Waals surface area contributed by atoms with Crippen molar-refractivity contribution in [1.29, 1.82) is 0 Å². The molecule has 0 fully saturated rings. The third-order valence-electron chi connectivity index (χ3n) is 9.49. The fourth-order valence-corrected chi connectivity index (χ4v) is 7.68. The van der Waals surface area contributed by atoms with Gasteiger partial charge in [0.1, 0.15) is 0 Å². The lowest BCUT2D eigenvalue weighted by Crippen LogP contribution is -2.26. The van der Waals surface area contributed by atoms with Crippen LogP contribution in [0.3, 0.4) is 0 Å². The van der Waals surface area contributed by atoms with E-state index in [0.717, 1.165) is 17.1 Å². The Kier molecular flexibility index (Phi) is 5.48. The third kappa shape index (κ3) is 3.47. The summed E-state index contributed by atoms with van der Waals surface area (Å²) in [4.78, 5) is 2.35. The van der Waals surface area contributed by atoms with Crippen LogP contribution in [0.15, 0.2) is 176 Å². The van der Waals surface area contributed by atoms with E-state index in [-0.39, 0.29) is 5.41 Å². The van der Waals surface area contributed by atoms with Crippen LogP contribution in [0.1, 0.15) is 22.3 Å². The zero-order chi connectivity index (χ0) is 29.1. The second-order valence-corrected chi connectivity index (χ2v) is 11.7. The van der Waals surface area contributed by atoms with Crippen molar-refractivity contribution in [3.63, 3.8) is 0 Å². The molecule has 0 amide bonds. The first-order valence-electron chi connectivity index (χ1n) is 15.3. The molecule has 7 aromatic carbocycles. The van der Waals surface area contributed by atoms with Crippen molar-refractivity contribution in [3.8, 4) is 33.4 Å². The predicted molar refractivity (Wildman–Crippen MR) is 183 cm³/mol. The molecule has 0 aliphatic heterocycles. The highest BCUT2D eigenvalue weighted by Gasteiger charge is 2.52. The number of para-hydroxylation sites is 1. The van der Waals surface area contributed by atoms with Gasteiger partial charge in [-0.2, -0.15) is 0 Å². The number of hydrogen-bond donors (Lipinski definition) is 0. The fraction of sp³-hybridized carbons (Fsp3) is 0.0233. The molecule has 0 N–H and O–H groups in total. The lowest BCUT2D eigenvalue weighted by molar-refractivity contribution is 0.792. The Hall–Kier alpha value is -5.66. The van der Waals surface area contributed by atoms with Gasteiger partial charge in [-0.1, -0.05) is 140 Å². The summed E-state index contributed by atoms with van der Waals surface area (Å²) in [6.45, 7) is 0. The molecule has 0 saturated carbocycles. The van der Waals surface area contributed by atoms with Gasteiger partial charge in [-0.15, -0.1) is 0 Å². The highest BCUT2D eigenvalue weighted by molar-refractivity contribution is 5.98. The van der Waals surface area contributed by atoms with Gasteiger partial charge in [-0.25, -0.2) is 0 Å². The van der Waals surface area contributed by atoms with Gasteiger partial charge in [0.15, 0.2) is 0 Å². The van der Waals surface area contributed by atoms with Gasteiger partial charge in [-0.3, -0.25) is 0 Å². The average Bonchev–Trinajstić information content (AvgIpc) is 3.58. The number of hydrogen-bond acceptors (Lipinski definition) is 1. The second kappa shape index (κ2) is 9.69. The number of rotatable bonds is 5. The summed E-state index contributed by atoms with van der Waals surface area (Å²) in [6.07, 6.45) is 0. The van der Waals surface area contributed by atoms with E-state index in [1.807, 2.05) is 0 Å². The first-order valence-corrected chi connectivity index (χ1v) is 15.3. The molecule has 0 heterocycles. The van der Waals surface area contributed by atoms with E-state index in [4.69, 9.17) is 0 Å². The molecule has 1 heteroatoms. The molecule has 9 rings (SSSR count). The van der Waals surface area contributed by atoms with Crippen LogP contribution in [0, 0.1) is 0 Å². The van der Waals surface area contributed by atoms with Crippen LogP contribution in [-0.2, 0) is 5.41 Å². The van der Waals surface area contributed by atoms with Gasteiger partial charge in [0.05, 0.1) is 5.41 Å². The van der Waals surface area contributed by atoms with E-state index in [0.29, 0.717) is 0 Å². The minimum atomic E-state index is -0.327. The first-order chi connectivity index (χ1) is 21.8. The minimum absolute atomic E-state index is 0.327. The molecule has 0 spiro atoms. The van der Waals surface area contributed by atoms with Gasteiger partial charge in [0.2, 0.25) is 0 Å². The Labute approximate surface area is 258 Å². The maximum Gasteiger partial charge on any atom is 0.0725 e. The predicted octanol–water partition coefficient (Wildman–Crippen LogP) is 11.2. The summed E-state index contributed by atoms with van der Waals surface area (Å²) in [5.41, 5.74) is 16.4. The maximum atomic E-state index is 2.36. The molecule has 2 aliphatic carbocycles. The number of anilines is 3.